The monoisotopic (exact) mass is 382 g/mol. The highest BCUT2D eigenvalue weighted by Gasteiger charge is 2.20. The number of H-pyrrole nitrogens is 1. The number of rotatable bonds is 7. The van der Waals surface area contributed by atoms with Gasteiger partial charge in [0.2, 0.25) is 0 Å². The number of aromatic nitrogens is 3. The van der Waals surface area contributed by atoms with Crippen LogP contribution in [0.15, 0.2) is 18.3 Å². The minimum Gasteiger partial charge on any atom is -0.446 e. The number of amides is 1. The van der Waals surface area contributed by atoms with Gasteiger partial charge in [-0.3, -0.25) is 5.10 Å². The van der Waals surface area contributed by atoms with Crippen LogP contribution in [0.25, 0.3) is 0 Å². The van der Waals surface area contributed by atoms with E-state index in [-0.39, 0.29) is 18.2 Å². The van der Waals surface area contributed by atoms with Gasteiger partial charge in [0.15, 0.2) is 5.82 Å². The fourth-order valence-electron chi connectivity index (χ4n) is 3.38. The van der Waals surface area contributed by atoms with Crippen molar-refractivity contribution in [1.29, 1.82) is 5.26 Å². The second-order valence-electron chi connectivity index (χ2n) is 7.31. The van der Waals surface area contributed by atoms with E-state index in [0.29, 0.717) is 24.5 Å². The quantitative estimate of drug-likeness (QED) is 0.675. The van der Waals surface area contributed by atoms with Crippen LogP contribution >= 0.6 is 0 Å². The lowest BCUT2D eigenvalue weighted by molar-refractivity contribution is 0.0984. The van der Waals surface area contributed by atoms with E-state index < -0.39 is 0 Å². The molecule has 3 rings (SSSR count). The number of carbonyl (C=O) groups is 1. The third-order valence-corrected chi connectivity index (χ3v) is 4.76. The lowest BCUT2D eigenvalue weighted by Crippen LogP contribution is -2.36. The molecule has 3 N–H and O–H groups in total. The van der Waals surface area contributed by atoms with Crippen molar-refractivity contribution in [3.05, 3.63) is 35.2 Å². The molecule has 1 aliphatic rings. The zero-order valence-corrected chi connectivity index (χ0v) is 16.3. The number of hydrogen-bond acceptors (Lipinski definition) is 6. The maximum atomic E-state index is 12.0. The Balaban J connectivity index is 1.51. The first-order chi connectivity index (χ1) is 13.5. The molecule has 8 nitrogen and oxygen atoms in total. The van der Waals surface area contributed by atoms with Crippen LogP contribution in [0.5, 0.6) is 0 Å². The summed E-state index contributed by atoms with van der Waals surface area (Å²) < 4.78 is 5.43. The summed E-state index contributed by atoms with van der Waals surface area (Å²) in [7, 11) is 0. The maximum Gasteiger partial charge on any atom is 0.407 e. The zero-order valence-electron chi connectivity index (χ0n) is 16.3. The van der Waals surface area contributed by atoms with Gasteiger partial charge in [-0.15, -0.1) is 0 Å². The molecule has 0 radical (unpaired) electrons. The van der Waals surface area contributed by atoms with Gasteiger partial charge in [0.25, 0.3) is 0 Å². The van der Waals surface area contributed by atoms with Crippen LogP contribution in [-0.2, 0) is 17.6 Å². The smallest absolute Gasteiger partial charge is 0.407 e. The summed E-state index contributed by atoms with van der Waals surface area (Å²) in [5.74, 6) is 1.35. The third kappa shape index (κ3) is 5.46. The minimum absolute atomic E-state index is 0.0606. The molecule has 0 aliphatic heterocycles. The van der Waals surface area contributed by atoms with Crippen molar-refractivity contribution in [1.82, 2.24) is 20.5 Å². The third-order valence-electron chi connectivity index (χ3n) is 4.76. The summed E-state index contributed by atoms with van der Waals surface area (Å²) in [5.41, 5.74) is 2.73. The molecule has 1 amide bonds. The Bertz CT molecular complexity index is 851. The Morgan fingerprint density at radius 1 is 1.43 bits per heavy atom. The second-order valence-corrected chi connectivity index (χ2v) is 7.31. The fraction of sp³-hybridized carbons (Fsp3) is 0.500. The molecule has 1 fully saturated rings. The Morgan fingerprint density at radius 3 is 2.93 bits per heavy atom. The van der Waals surface area contributed by atoms with Crippen LogP contribution < -0.4 is 10.6 Å². The van der Waals surface area contributed by atoms with Gasteiger partial charge in [-0.25, -0.2) is 9.78 Å². The van der Waals surface area contributed by atoms with Gasteiger partial charge in [-0.1, -0.05) is 0 Å². The molecular formula is C20H26N6O2. The predicted octanol–water partition coefficient (Wildman–Crippen LogP) is 3.52. The molecule has 0 unspecified atom stereocenters. The van der Waals surface area contributed by atoms with E-state index in [4.69, 9.17) is 10.00 Å². The zero-order chi connectivity index (χ0) is 19.9. The molecule has 0 saturated heterocycles. The molecule has 28 heavy (non-hydrogen) atoms. The van der Waals surface area contributed by atoms with Gasteiger partial charge in [0.1, 0.15) is 11.9 Å². The molecule has 1 saturated carbocycles. The minimum atomic E-state index is -0.352. The molecule has 0 aromatic carbocycles. The van der Waals surface area contributed by atoms with E-state index in [1.807, 2.05) is 26.0 Å². The van der Waals surface area contributed by atoms with Crippen molar-refractivity contribution < 1.29 is 9.53 Å². The molecule has 0 spiro atoms. The number of hydrogen-bond donors (Lipinski definition) is 3. The molecule has 2 heterocycles. The Morgan fingerprint density at radius 2 is 2.21 bits per heavy atom. The van der Waals surface area contributed by atoms with Gasteiger partial charge in [0.05, 0.1) is 12.5 Å². The lowest BCUT2D eigenvalue weighted by Gasteiger charge is -2.16. The van der Waals surface area contributed by atoms with Crippen LogP contribution in [0.3, 0.4) is 0 Å². The van der Waals surface area contributed by atoms with E-state index in [2.05, 4.69) is 31.9 Å². The van der Waals surface area contributed by atoms with E-state index in [9.17, 15) is 4.79 Å². The summed E-state index contributed by atoms with van der Waals surface area (Å²) in [4.78, 5) is 16.3. The van der Waals surface area contributed by atoms with Crippen molar-refractivity contribution in [2.45, 2.75) is 64.5 Å². The number of aromatic amines is 1. The largest absolute Gasteiger partial charge is 0.446 e. The molecule has 1 atom stereocenters. The van der Waals surface area contributed by atoms with Crippen LogP contribution in [0.4, 0.5) is 16.4 Å². The number of ether oxygens (including phenoxy) is 1. The lowest BCUT2D eigenvalue weighted by atomic mass is 10.1. The molecule has 0 bridgehead atoms. The highest BCUT2D eigenvalue weighted by molar-refractivity contribution is 5.67. The summed E-state index contributed by atoms with van der Waals surface area (Å²) in [6, 6.07) is 5.87. The Labute approximate surface area is 164 Å². The highest BCUT2D eigenvalue weighted by atomic mass is 16.6. The number of carbonyl (C=O) groups excluding carboxylic acids is 1. The van der Waals surface area contributed by atoms with Gasteiger partial charge in [-0.05, 0) is 56.7 Å². The molecule has 2 aromatic heterocycles. The average Bonchev–Trinajstić information content (AvgIpc) is 3.29. The second kappa shape index (κ2) is 9.22. The SMILES string of the molecule is Cc1cc(CC#N)cnc1Nc1cc(C[C@H](C)NC(=O)OC2CCCC2)[nH]n1. The van der Waals surface area contributed by atoms with E-state index in [0.717, 1.165) is 42.5 Å². The van der Waals surface area contributed by atoms with E-state index >= 15 is 0 Å². The summed E-state index contributed by atoms with van der Waals surface area (Å²) >= 11 is 0. The van der Waals surface area contributed by atoms with Crippen molar-refractivity contribution in [2.24, 2.45) is 0 Å². The molecule has 8 heteroatoms. The first-order valence-electron chi connectivity index (χ1n) is 9.64. The van der Waals surface area contributed by atoms with E-state index in [1.165, 1.54) is 0 Å². The molecule has 148 valence electrons. The topological polar surface area (TPSA) is 116 Å². The van der Waals surface area contributed by atoms with Gasteiger partial charge < -0.3 is 15.4 Å². The number of nitrogens with zero attached hydrogens (tertiary/aromatic N) is 3. The molecule has 2 aromatic rings. The molecule has 1 aliphatic carbocycles. The van der Waals surface area contributed by atoms with E-state index in [1.54, 1.807) is 6.20 Å². The summed E-state index contributed by atoms with van der Waals surface area (Å²) in [6.07, 6.45) is 6.54. The van der Waals surface area contributed by atoms with Crippen LogP contribution in [0, 0.1) is 18.3 Å². The van der Waals surface area contributed by atoms with Crippen LogP contribution in [-0.4, -0.2) is 33.4 Å². The first kappa shape index (κ1) is 19.7. The highest BCUT2D eigenvalue weighted by Crippen LogP contribution is 2.21. The number of nitrogens with one attached hydrogen (secondary N) is 3. The summed E-state index contributed by atoms with van der Waals surface area (Å²) in [5, 5.41) is 22.1. The van der Waals surface area contributed by atoms with Crippen LogP contribution in [0.2, 0.25) is 0 Å². The maximum absolute atomic E-state index is 12.0. The van der Waals surface area contributed by atoms with Crippen molar-refractivity contribution in [3.63, 3.8) is 0 Å². The van der Waals surface area contributed by atoms with Crippen molar-refractivity contribution in [3.8, 4) is 6.07 Å². The predicted molar refractivity (Wildman–Crippen MR) is 105 cm³/mol. The number of nitriles is 1. The number of pyridine rings is 1. The first-order valence-corrected chi connectivity index (χ1v) is 9.64. The van der Waals surface area contributed by atoms with Gasteiger partial charge in [0, 0.05) is 30.4 Å². The fourth-order valence-corrected chi connectivity index (χ4v) is 3.38. The number of alkyl carbamates (subject to hydrolysis) is 1. The van der Waals surface area contributed by atoms with Gasteiger partial charge in [-0.2, -0.15) is 10.4 Å². The van der Waals surface area contributed by atoms with Crippen molar-refractivity contribution >= 4 is 17.7 Å². The Hall–Kier alpha value is -3.08. The number of anilines is 2. The molecular weight excluding hydrogens is 356 g/mol. The average molecular weight is 382 g/mol. The number of aryl methyl sites for hydroxylation is 1. The normalized spacial score (nSPS) is 15.0. The summed E-state index contributed by atoms with van der Waals surface area (Å²) in [6.45, 7) is 3.87. The van der Waals surface area contributed by atoms with Crippen LogP contribution in [0.1, 0.15) is 49.4 Å². The standard InChI is InChI=1S/C20H26N6O2/c1-13-9-15(7-8-21)12-22-19(13)24-18-11-16(25-26-18)10-14(2)23-20(27)28-17-5-3-4-6-17/h9,11-12,14,17H,3-7,10H2,1-2H3,(H,23,27)(H2,22,24,25,26)/t14-/m0/s1. The van der Waals surface area contributed by atoms with Crippen molar-refractivity contribution in [2.75, 3.05) is 5.32 Å². The Kier molecular flexibility index (Phi) is 6.48. The van der Waals surface area contributed by atoms with Gasteiger partial charge >= 0.3 is 6.09 Å².